The number of nitrogens with two attached hydrogens (primary N) is 1. The minimum absolute atomic E-state index is 0.306. The molecule has 0 aromatic carbocycles. The zero-order valence-corrected chi connectivity index (χ0v) is 9.49. The number of aromatic nitrogens is 3. The molecule has 104 valence electrons. The summed E-state index contributed by atoms with van der Waals surface area (Å²) in [6.45, 7) is -1.69. The Morgan fingerprint density at radius 1 is 1.56 bits per heavy atom. The average molecular weight is 271 g/mol. The molecular formula is C8H13F4N5O. The Labute approximate surface area is 100 Å². The molecule has 18 heavy (non-hydrogen) atoms. The Balaban J connectivity index is 2.49. The van der Waals surface area contributed by atoms with Gasteiger partial charge in [0.15, 0.2) is 0 Å². The standard InChI is InChI=1S/C8H13F4N5O/c1-17-6(2-14-16-17)5(15-13)3-18-4-8(11,12)7(9)10/h2,5,7,15H,3-4,13H2,1H3. The number of aryl methyl sites for hydroxylation is 1. The van der Waals surface area contributed by atoms with Crippen LogP contribution in [0.4, 0.5) is 17.6 Å². The molecular weight excluding hydrogens is 258 g/mol. The van der Waals surface area contributed by atoms with Gasteiger partial charge in [-0.1, -0.05) is 5.21 Å². The Kier molecular flexibility index (Phi) is 4.99. The Morgan fingerprint density at radius 2 is 2.22 bits per heavy atom. The number of ether oxygens (including phenoxy) is 1. The molecule has 0 bridgehead atoms. The van der Waals surface area contributed by atoms with E-state index in [9.17, 15) is 17.6 Å². The zero-order valence-electron chi connectivity index (χ0n) is 9.49. The van der Waals surface area contributed by atoms with E-state index in [0.29, 0.717) is 5.69 Å². The molecule has 0 aliphatic carbocycles. The van der Waals surface area contributed by atoms with E-state index >= 15 is 0 Å². The molecule has 1 unspecified atom stereocenters. The SMILES string of the molecule is Cn1nncc1C(COCC(F)(F)C(F)F)NN. The summed E-state index contributed by atoms with van der Waals surface area (Å²) in [6.07, 6.45) is -2.40. The van der Waals surface area contributed by atoms with Crippen molar-refractivity contribution >= 4 is 0 Å². The van der Waals surface area contributed by atoms with E-state index in [4.69, 9.17) is 5.84 Å². The third kappa shape index (κ3) is 3.62. The predicted octanol–water partition coefficient (Wildman–Crippen LogP) is 0.236. The normalized spacial score (nSPS) is 14.2. The van der Waals surface area contributed by atoms with Gasteiger partial charge in [-0.3, -0.25) is 10.5 Å². The summed E-state index contributed by atoms with van der Waals surface area (Å²) >= 11 is 0. The van der Waals surface area contributed by atoms with Gasteiger partial charge in [0.1, 0.15) is 6.61 Å². The number of alkyl halides is 4. The molecule has 1 rings (SSSR count). The van der Waals surface area contributed by atoms with Gasteiger partial charge in [0, 0.05) is 7.05 Å². The van der Waals surface area contributed by atoms with E-state index in [1.807, 2.05) is 0 Å². The topological polar surface area (TPSA) is 78.0 Å². The highest BCUT2D eigenvalue weighted by molar-refractivity contribution is 5.01. The summed E-state index contributed by atoms with van der Waals surface area (Å²) in [5.74, 6) is 1.03. The van der Waals surface area contributed by atoms with Crippen molar-refractivity contribution in [2.45, 2.75) is 18.4 Å². The van der Waals surface area contributed by atoms with E-state index in [-0.39, 0.29) is 6.61 Å². The maximum atomic E-state index is 12.6. The zero-order chi connectivity index (χ0) is 13.8. The van der Waals surface area contributed by atoms with Crippen molar-refractivity contribution in [3.8, 4) is 0 Å². The first kappa shape index (κ1) is 14.8. The molecule has 1 heterocycles. The highest BCUT2D eigenvalue weighted by Gasteiger charge is 2.41. The van der Waals surface area contributed by atoms with Crippen LogP contribution in [-0.4, -0.2) is 40.6 Å². The summed E-state index contributed by atoms with van der Waals surface area (Å²) in [6, 6.07) is -0.668. The third-order valence-electron chi connectivity index (χ3n) is 2.21. The van der Waals surface area contributed by atoms with Gasteiger partial charge in [0.25, 0.3) is 0 Å². The lowest BCUT2D eigenvalue weighted by atomic mass is 10.2. The molecule has 1 aromatic heterocycles. The number of rotatable bonds is 7. The Morgan fingerprint density at radius 3 is 2.67 bits per heavy atom. The first-order valence-electron chi connectivity index (χ1n) is 4.93. The van der Waals surface area contributed by atoms with Gasteiger partial charge in [-0.25, -0.2) is 14.2 Å². The van der Waals surface area contributed by atoms with Crippen LogP contribution in [0.3, 0.4) is 0 Å². The minimum Gasteiger partial charge on any atom is -0.373 e. The van der Waals surface area contributed by atoms with Crippen LogP contribution in [0.25, 0.3) is 0 Å². The van der Waals surface area contributed by atoms with Crippen molar-refractivity contribution in [1.29, 1.82) is 0 Å². The van der Waals surface area contributed by atoms with Gasteiger partial charge in [0.05, 0.1) is 24.5 Å². The van der Waals surface area contributed by atoms with Crippen LogP contribution in [0.15, 0.2) is 6.20 Å². The molecule has 10 heteroatoms. The second-order valence-electron chi connectivity index (χ2n) is 3.58. The fourth-order valence-electron chi connectivity index (χ4n) is 1.21. The molecule has 0 amide bonds. The van der Waals surface area contributed by atoms with Crippen LogP contribution in [0.5, 0.6) is 0 Å². The van der Waals surface area contributed by atoms with Gasteiger partial charge in [-0.05, 0) is 0 Å². The summed E-state index contributed by atoms with van der Waals surface area (Å²) in [5, 5.41) is 7.19. The van der Waals surface area contributed by atoms with Crippen molar-refractivity contribution < 1.29 is 22.3 Å². The van der Waals surface area contributed by atoms with E-state index in [2.05, 4.69) is 20.5 Å². The van der Waals surface area contributed by atoms with Gasteiger partial charge < -0.3 is 4.74 Å². The molecule has 0 spiro atoms. The summed E-state index contributed by atoms with van der Waals surface area (Å²) in [5.41, 5.74) is 2.79. The van der Waals surface area contributed by atoms with E-state index in [1.54, 1.807) is 7.05 Å². The van der Waals surface area contributed by atoms with Gasteiger partial charge in [-0.15, -0.1) is 5.10 Å². The van der Waals surface area contributed by atoms with Crippen molar-refractivity contribution in [1.82, 2.24) is 20.4 Å². The lowest BCUT2D eigenvalue weighted by Crippen LogP contribution is -2.36. The van der Waals surface area contributed by atoms with Crippen LogP contribution in [0, 0.1) is 0 Å². The van der Waals surface area contributed by atoms with E-state index in [0.717, 1.165) is 0 Å². The van der Waals surface area contributed by atoms with Gasteiger partial charge in [0.2, 0.25) is 0 Å². The summed E-state index contributed by atoms with van der Waals surface area (Å²) in [4.78, 5) is 0. The van der Waals surface area contributed by atoms with E-state index < -0.39 is 25.0 Å². The van der Waals surface area contributed by atoms with Crippen LogP contribution >= 0.6 is 0 Å². The number of hydrogen-bond acceptors (Lipinski definition) is 5. The monoisotopic (exact) mass is 271 g/mol. The smallest absolute Gasteiger partial charge is 0.330 e. The number of hydrogen-bond donors (Lipinski definition) is 2. The third-order valence-corrected chi connectivity index (χ3v) is 2.21. The van der Waals surface area contributed by atoms with Gasteiger partial charge >= 0.3 is 12.3 Å². The second kappa shape index (κ2) is 6.07. The van der Waals surface area contributed by atoms with Crippen molar-refractivity contribution in [2.24, 2.45) is 12.9 Å². The molecule has 0 aliphatic heterocycles. The van der Waals surface area contributed by atoms with E-state index in [1.165, 1.54) is 10.9 Å². The van der Waals surface area contributed by atoms with Crippen LogP contribution < -0.4 is 11.3 Å². The van der Waals surface area contributed by atoms with Crippen molar-refractivity contribution in [2.75, 3.05) is 13.2 Å². The molecule has 0 fully saturated rings. The predicted molar refractivity (Wildman–Crippen MR) is 52.8 cm³/mol. The lowest BCUT2D eigenvalue weighted by Gasteiger charge is -2.19. The molecule has 6 nitrogen and oxygen atoms in total. The van der Waals surface area contributed by atoms with Crippen LogP contribution in [0.2, 0.25) is 0 Å². The first-order valence-corrected chi connectivity index (χ1v) is 4.93. The first-order chi connectivity index (χ1) is 8.38. The van der Waals surface area contributed by atoms with Gasteiger partial charge in [-0.2, -0.15) is 8.78 Å². The summed E-state index contributed by atoms with van der Waals surface area (Å²) < 4.78 is 54.8. The van der Waals surface area contributed by atoms with Crippen molar-refractivity contribution in [3.05, 3.63) is 11.9 Å². The fraction of sp³-hybridized carbons (Fsp3) is 0.750. The van der Waals surface area contributed by atoms with Crippen LogP contribution in [-0.2, 0) is 11.8 Å². The second-order valence-corrected chi connectivity index (χ2v) is 3.58. The number of nitrogens with zero attached hydrogens (tertiary/aromatic N) is 3. The molecule has 0 saturated heterocycles. The molecule has 0 radical (unpaired) electrons. The Hall–Kier alpha value is -1.26. The van der Waals surface area contributed by atoms with Crippen LogP contribution in [0.1, 0.15) is 11.7 Å². The highest BCUT2D eigenvalue weighted by atomic mass is 19.3. The number of hydrazine groups is 1. The quantitative estimate of drug-likeness (QED) is 0.422. The molecule has 1 atom stereocenters. The molecule has 0 aliphatic rings. The fourth-order valence-corrected chi connectivity index (χ4v) is 1.21. The maximum absolute atomic E-state index is 12.6. The lowest BCUT2D eigenvalue weighted by molar-refractivity contribution is -0.167. The largest absolute Gasteiger partial charge is 0.373 e. The van der Waals surface area contributed by atoms with Crippen molar-refractivity contribution in [3.63, 3.8) is 0 Å². The average Bonchev–Trinajstić information content (AvgIpc) is 2.71. The maximum Gasteiger partial charge on any atom is 0.330 e. The molecule has 3 N–H and O–H groups in total. The number of nitrogens with one attached hydrogen (secondary N) is 1. The molecule has 1 aromatic rings. The Bertz CT molecular complexity index is 372. The summed E-state index contributed by atoms with van der Waals surface area (Å²) in [7, 11) is 1.57. The minimum atomic E-state index is -4.18. The molecule has 0 saturated carbocycles. The highest BCUT2D eigenvalue weighted by Crippen LogP contribution is 2.23. The number of halogens is 4.